The molecular weight excluding hydrogens is 282 g/mol. The molecule has 0 aliphatic rings. The summed E-state index contributed by atoms with van der Waals surface area (Å²) in [5, 5.41) is 28.5. The van der Waals surface area contributed by atoms with Crippen molar-refractivity contribution in [2.75, 3.05) is 52.6 Å². The van der Waals surface area contributed by atoms with Gasteiger partial charge in [-0.2, -0.15) is 0 Å². The third-order valence-corrected chi connectivity index (χ3v) is 4.37. The van der Waals surface area contributed by atoms with Crippen LogP contribution in [0.3, 0.4) is 0 Å². The number of hydrogen-bond donors (Lipinski definition) is 3. The van der Waals surface area contributed by atoms with Crippen molar-refractivity contribution in [3.8, 4) is 0 Å². The summed E-state index contributed by atoms with van der Waals surface area (Å²) in [7, 11) is 0. The Balaban J connectivity index is 3.83. The summed E-state index contributed by atoms with van der Waals surface area (Å²) in [6, 6.07) is 0. The number of rotatable bonds is 16. The van der Waals surface area contributed by atoms with E-state index in [1.165, 1.54) is 32.1 Å². The van der Waals surface area contributed by atoms with Crippen LogP contribution in [0.1, 0.15) is 52.4 Å². The van der Waals surface area contributed by atoms with E-state index in [-0.39, 0.29) is 13.2 Å². The minimum absolute atomic E-state index is 0.0686. The number of quaternary nitrogens is 1. The van der Waals surface area contributed by atoms with E-state index in [4.69, 9.17) is 4.74 Å². The average molecular weight is 320 g/mol. The summed E-state index contributed by atoms with van der Waals surface area (Å²) in [4.78, 5) is 0. The van der Waals surface area contributed by atoms with Crippen LogP contribution in [0.15, 0.2) is 0 Å². The van der Waals surface area contributed by atoms with Gasteiger partial charge in [0.15, 0.2) is 0 Å². The van der Waals surface area contributed by atoms with Crippen LogP contribution in [0.4, 0.5) is 0 Å². The second-order valence-electron chi connectivity index (χ2n) is 6.23. The lowest BCUT2D eigenvalue weighted by Crippen LogP contribution is -2.55. The Morgan fingerprint density at radius 3 is 2.05 bits per heavy atom. The van der Waals surface area contributed by atoms with Crippen LogP contribution in [-0.2, 0) is 4.74 Å². The van der Waals surface area contributed by atoms with Crippen LogP contribution in [0.2, 0.25) is 0 Å². The molecule has 0 aliphatic carbocycles. The molecule has 134 valence electrons. The lowest BCUT2D eigenvalue weighted by Gasteiger charge is -2.38. The Morgan fingerprint density at radius 2 is 1.50 bits per heavy atom. The molecule has 0 fully saturated rings. The molecule has 5 nitrogen and oxygen atoms in total. The number of likely N-dealkylation sites (N-methyl/N-ethyl adjacent to an activating group) is 1. The van der Waals surface area contributed by atoms with Crippen molar-refractivity contribution in [1.82, 2.24) is 0 Å². The molecule has 0 aliphatic heterocycles. The highest BCUT2D eigenvalue weighted by Gasteiger charge is 2.27. The summed E-state index contributed by atoms with van der Waals surface area (Å²) < 4.78 is 6.10. The van der Waals surface area contributed by atoms with Crippen LogP contribution in [0, 0.1) is 0 Å². The summed E-state index contributed by atoms with van der Waals surface area (Å²) in [5.41, 5.74) is 0. The van der Waals surface area contributed by atoms with Crippen molar-refractivity contribution in [3.05, 3.63) is 0 Å². The highest BCUT2D eigenvalue weighted by molar-refractivity contribution is 4.55. The third kappa shape index (κ3) is 10.5. The Labute approximate surface area is 136 Å². The number of unbranched alkanes of at least 4 members (excludes halogenated alkanes) is 5. The number of aliphatic hydroxyl groups is 3. The first-order valence-electron chi connectivity index (χ1n) is 8.96. The molecule has 1 unspecified atom stereocenters. The van der Waals surface area contributed by atoms with Crippen LogP contribution >= 0.6 is 0 Å². The minimum atomic E-state index is -0.543. The van der Waals surface area contributed by atoms with E-state index in [9.17, 15) is 15.3 Å². The van der Waals surface area contributed by atoms with E-state index in [0.29, 0.717) is 37.3 Å². The van der Waals surface area contributed by atoms with Gasteiger partial charge in [-0.3, -0.25) is 0 Å². The first kappa shape index (κ1) is 21.8. The molecule has 3 N–H and O–H groups in total. The van der Waals surface area contributed by atoms with E-state index in [1.807, 2.05) is 6.92 Å². The zero-order valence-corrected chi connectivity index (χ0v) is 14.7. The molecule has 1 atom stereocenters. The molecule has 0 radical (unpaired) electrons. The molecule has 0 aromatic carbocycles. The summed E-state index contributed by atoms with van der Waals surface area (Å²) in [6.45, 7) is 7.85. The number of aliphatic hydroxyl groups excluding tert-OH is 3. The van der Waals surface area contributed by atoms with Crippen LogP contribution < -0.4 is 0 Å². The molecule has 0 rings (SSSR count). The largest absolute Gasteiger partial charge is 0.391 e. The van der Waals surface area contributed by atoms with E-state index in [2.05, 4.69) is 6.92 Å². The van der Waals surface area contributed by atoms with Gasteiger partial charge in [-0.05, 0) is 13.3 Å². The SMILES string of the molecule is CCCCCCCCOCC(O)C[N+](CC)(CCO)CCO. The molecular formula is C17H38NO4+. The Bertz CT molecular complexity index is 233. The fraction of sp³-hybridized carbons (Fsp3) is 1.00. The van der Waals surface area contributed by atoms with Gasteiger partial charge in [0.05, 0.1) is 26.4 Å². The predicted octanol–water partition coefficient (Wildman–Crippen LogP) is 1.55. The lowest BCUT2D eigenvalue weighted by atomic mass is 10.1. The van der Waals surface area contributed by atoms with Crippen LogP contribution in [0.25, 0.3) is 0 Å². The maximum Gasteiger partial charge on any atom is 0.126 e. The van der Waals surface area contributed by atoms with Gasteiger partial charge < -0.3 is 24.5 Å². The van der Waals surface area contributed by atoms with Crippen molar-refractivity contribution < 1.29 is 24.5 Å². The van der Waals surface area contributed by atoms with Crippen molar-refractivity contribution in [2.24, 2.45) is 0 Å². The van der Waals surface area contributed by atoms with Gasteiger partial charge in [-0.15, -0.1) is 0 Å². The third-order valence-electron chi connectivity index (χ3n) is 4.37. The molecule has 0 aromatic rings. The van der Waals surface area contributed by atoms with Gasteiger partial charge in [0.1, 0.15) is 25.7 Å². The van der Waals surface area contributed by atoms with Crippen molar-refractivity contribution in [3.63, 3.8) is 0 Å². The smallest absolute Gasteiger partial charge is 0.126 e. The van der Waals surface area contributed by atoms with E-state index < -0.39 is 6.10 Å². The molecule has 0 saturated heterocycles. The normalized spacial score (nSPS) is 13.5. The molecule has 0 saturated carbocycles. The van der Waals surface area contributed by atoms with Crippen LogP contribution in [0.5, 0.6) is 0 Å². The van der Waals surface area contributed by atoms with Gasteiger partial charge in [0, 0.05) is 6.61 Å². The van der Waals surface area contributed by atoms with Gasteiger partial charge in [-0.1, -0.05) is 39.0 Å². The molecule has 0 amide bonds. The average Bonchev–Trinajstić information content (AvgIpc) is 2.50. The molecule has 0 bridgehead atoms. The number of nitrogens with zero attached hydrogens (tertiary/aromatic N) is 1. The summed E-state index contributed by atoms with van der Waals surface area (Å²) in [5.74, 6) is 0. The first-order valence-corrected chi connectivity index (χ1v) is 8.96. The highest BCUT2D eigenvalue weighted by atomic mass is 16.5. The predicted molar refractivity (Wildman–Crippen MR) is 89.8 cm³/mol. The van der Waals surface area contributed by atoms with Crippen LogP contribution in [-0.4, -0.2) is 78.5 Å². The number of ether oxygens (including phenoxy) is 1. The monoisotopic (exact) mass is 320 g/mol. The fourth-order valence-corrected chi connectivity index (χ4v) is 2.87. The quantitative estimate of drug-likeness (QED) is 0.298. The van der Waals surface area contributed by atoms with Gasteiger partial charge in [-0.25, -0.2) is 0 Å². The molecule has 22 heavy (non-hydrogen) atoms. The minimum Gasteiger partial charge on any atom is -0.391 e. The Hall–Kier alpha value is -0.200. The van der Waals surface area contributed by atoms with E-state index in [0.717, 1.165) is 13.0 Å². The first-order chi connectivity index (χ1) is 10.6. The summed E-state index contributed by atoms with van der Waals surface area (Å²) in [6.07, 6.45) is 6.85. The fourth-order valence-electron chi connectivity index (χ4n) is 2.87. The van der Waals surface area contributed by atoms with Gasteiger partial charge in [0.2, 0.25) is 0 Å². The molecule has 0 aromatic heterocycles. The zero-order chi connectivity index (χ0) is 16.7. The number of hydrogen-bond acceptors (Lipinski definition) is 4. The topological polar surface area (TPSA) is 69.9 Å². The van der Waals surface area contributed by atoms with Gasteiger partial charge >= 0.3 is 0 Å². The molecule has 5 heteroatoms. The van der Waals surface area contributed by atoms with Crippen molar-refractivity contribution in [1.29, 1.82) is 0 Å². The Morgan fingerprint density at radius 1 is 0.909 bits per heavy atom. The lowest BCUT2D eigenvalue weighted by molar-refractivity contribution is -0.929. The standard InChI is InChI=1S/C17H38NO4/c1-3-5-6-7-8-9-14-22-16-17(21)15-18(4-2,10-12-19)11-13-20/h17,19-21H,3-16H2,1-2H3/q+1. The second-order valence-corrected chi connectivity index (χ2v) is 6.23. The molecule has 0 heterocycles. The van der Waals surface area contributed by atoms with Crippen molar-refractivity contribution in [2.45, 2.75) is 58.5 Å². The Kier molecular flexibility index (Phi) is 14.3. The van der Waals surface area contributed by atoms with E-state index in [1.54, 1.807) is 0 Å². The zero-order valence-electron chi connectivity index (χ0n) is 14.7. The second kappa shape index (κ2) is 14.4. The maximum atomic E-state index is 10.1. The highest BCUT2D eigenvalue weighted by Crippen LogP contribution is 2.09. The maximum absolute atomic E-state index is 10.1. The van der Waals surface area contributed by atoms with Gasteiger partial charge in [0.25, 0.3) is 0 Å². The summed E-state index contributed by atoms with van der Waals surface area (Å²) >= 11 is 0. The molecule has 0 spiro atoms. The van der Waals surface area contributed by atoms with E-state index >= 15 is 0 Å². The van der Waals surface area contributed by atoms with Crippen molar-refractivity contribution >= 4 is 0 Å².